The average molecular weight is 310 g/mol. The molecule has 0 aliphatic heterocycles. The zero-order valence-corrected chi connectivity index (χ0v) is 11.7. The minimum Gasteiger partial charge on any atom is -0.368 e. The molecule has 2 heterocycles. The lowest BCUT2D eigenvalue weighted by Crippen LogP contribution is -2.16. The molecule has 0 fully saturated rings. The fraction of sp³-hybridized carbons (Fsp3) is 0. The molecule has 2 N–H and O–H groups in total. The van der Waals surface area contributed by atoms with Gasteiger partial charge in [-0.05, 0) is 24.3 Å². The van der Waals surface area contributed by atoms with Gasteiger partial charge in [0, 0.05) is 35.7 Å². The number of hydrogen-bond donors (Lipinski definition) is 1. The van der Waals surface area contributed by atoms with Gasteiger partial charge >= 0.3 is 0 Å². The van der Waals surface area contributed by atoms with Crippen molar-refractivity contribution in [3.63, 3.8) is 0 Å². The van der Waals surface area contributed by atoms with Gasteiger partial charge in [0.25, 0.3) is 11.6 Å². The monoisotopic (exact) mass is 310 g/mol. The van der Waals surface area contributed by atoms with Crippen LogP contribution in [0, 0.1) is 10.1 Å². The highest BCUT2D eigenvalue weighted by Crippen LogP contribution is 2.17. The number of benzene rings is 1. The maximum absolute atomic E-state index is 12.4. The van der Waals surface area contributed by atoms with E-state index < -0.39 is 10.8 Å². The Morgan fingerprint density at radius 1 is 1.13 bits per heavy atom. The third-order valence-corrected chi connectivity index (χ3v) is 3.09. The van der Waals surface area contributed by atoms with Gasteiger partial charge in [-0.1, -0.05) is 0 Å². The Bertz CT molecular complexity index is 873. The number of carbonyl (C=O) groups excluding carboxylic acids is 1. The molecular formula is C14H10N6O3. The number of nitro benzene ring substituents is 1. The third-order valence-electron chi connectivity index (χ3n) is 3.09. The van der Waals surface area contributed by atoms with Crippen molar-refractivity contribution in [3.8, 4) is 11.4 Å². The molecule has 0 bridgehead atoms. The lowest BCUT2D eigenvalue weighted by atomic mass is 10.2. The van der Waals surface area contributed by atoms with E-state index in [0.717, 1.165) is 4.68 Å². The van der Waals surface area contributed by atoms with Crippen molar-refractivity contribution in [3.05, 3.63) is 64.5 Å². The maximum atomic E-state index is 12.4. The predicted octanol–water partition coefficient (Wildman–Crippen LogP) is 1.52. The number of non-ortho nitro benzene ring substituents is 1. The summed E-state index contributed by atoms with van der Waals surface area (Å²) in [5.74, 6) is -0.300. The van der Waals surface area contributed by atoms with Gasteiger partial charge in [0.2, 0.25) is 5.95 Å². The molecule has 1 aromatic carbocycles. The van der Waals surface area contributed by atoms with Crippen molar-refractivity contribution in [2.45, 2.75) is 0 Å². The molecule has 23 heavy (non-hydrogen) atoms. The van der Waals surface area contributed by atoms with Crippen LogP contribution in [0.15, 0.2) is 48.8 Å². The second-order valence-electron chi connectivity index (χ2n) is 4.55. The van der Waals surface area contributed by atoms with Gasteiger partial charge in [-0.15, -0.1) is 5.10 Å². The summed E-state index contributed by atoms with van der Waals surface area (Å²) >= 11 is 0. The number of pyridine rings is 1. The van der Waals surface area contributed by atoms with Gasteiger partial charge in [0.1, 0.15) is 0 Å². The quantitative estimate of drug-likeness (QED) is 0.573. The predicted molar refractivity (Wildman–Crippen MR) is 80.5 cm³/mol. The first kappa shape index (κ1) is 14.3. The van der Waals surface area contributed by atoms with E-state index in [1.165, 1.54) is 24.3 Å². The summed E-state index contributed by atoms with van der Waals surface area (Å²) in [6, 6.07) is 8.54. The topological polar surface area (TPSA) is 130 Å². The number of anilines is 1. The third kappa shape index (κ3) is 2.75. The van der Waals surface area contributed by atoms with E-state index in [-0.39, 0.29) is 17.2 Å². The highest BCUT2D eigenvalue weighted by molar-refractivity contribution is 5.97. The first-order chi connectivity index (χ1) is 11.1. The Balaban J connectivity index is 1.94. The minimum absolute atomic E-state index is 0.0693. The van der Waals surface area contributed by atoms with Crippen molar-refractivity contribution in [1.82, 2.24) is 19.7 Å². The molecule has 3 aromatic rings. The molecule has 0 saturated carbocycles. The van der Waals surface area contributed by atoms with Crippen molar-refractivity contribution in [2.24, 2.45) is 0 Å². The number of hydrogen-bond acceptors (Lipinski definition) is 7. The first-order valence-electron chi connectivity index (χ1n) is 6.48. The molecule has 2 aromatic heterocycles. The summed E-state index contributed by atoms with van der Waals surface area (Å²) in [7, 11) is 0. The van der Waals surface area contributed by atoms with Crippen LogP contribution in [0.5, 0.6) is 0 Å². The first-order valence-corrected chi connectivity index (χ1v) is 6.48. The largest absolute Gasteiger partial charge is 0.368 e. The summed E-state index contributed by atoms with van der Waals surface area (Å²) < 4.78 is 0.955. The van der Waals surface area contributed by atoms with Crippen LogP contribution in [-0.2, 0) is 0 Å². The zero-order valence-electron chi connectivity index (χ0n) is 11.7. The molecular weight excluding hydrogens is 300 g/mol. The minimum atomic E-state index is -0.542. The van der Waals surface area contributed by atoms with Crippen molar-refractivity contribution in [2.75, 3.05) is 5.73 Å². The lowest BCUT2D eigenvalue weighted by Gasteiger charge is -2.01. The molecule has 0 unspecified atom stereocenters. The van der Waals surface area contributed by atoms with Crippen molar-refractivity contribution in [1.29, 1.82) is 0 Å². The van der Waals surface area contributed by atoms with E-state index in [4.69, 9.17) is 5.73 Å². The van der Waals surface area contributed by atoms with Gasteiger partial charge in [-0.3, -0.25) is 19.9 Å². The molecule has 114 valence electrons. The normalized spacial score (nSPS) is 10.4. The second-order valence-corrected chi connectivity index (χ2v) is 4.55. The van der Waals surface area contributed by atoms with Crippen LogP contribution in [0.3, 0.4) is 0 Å². The van der Waals surface area contributed by atoms with Crippen LogP contribution in [0.1, 0.15) is 10.4 Å². The highest BCUT2D eigenvalue weighted by atomic mass is 16.6. The van der Waals surface area contributed by atoms with Crippen LogP contribution < -0.4 is 5.73 Å². The van der Waals surface area contributed by atoms with Crippen LogP contribution in [0.2, 0.25) is 0 Å². The molecule has 0 saturated heterocycles. The summed E-state index contributed by atoms with van der Waals surface area (Å²) in [6.07, 6.45) is 3.15. The molecule has 0 spiro atoms. The molecule has 0 atom stereocenters. The molecule has 9 heteroatoms. The second kappa shape index (κ2) is 5.64. The van der Waals surface area contributed by atoms with E-state index in [2.05, 4.69) is 15.1 Å². The number of nitro groups is 1. The molecule has 0 amide bonds. The Kier molecular flexibility index (Phi) is 3.51. The highest BCUT2D eigenvalue weighted by Gasteiger charge is 2.17. The van der Waals surface area contributed by atoms with Crippen LogP contribution in [-0.4, -0.2) is 30.6 Å². The molecule has 0 aliphatic carbocycles. The number of nitrogens with zero attached hydrogens (tertiary/aromatic N) is 5. The summed E-state index contributed by atoms with van der Waals surface area (Å²) in [5, 5.41) is 14.7. The lowest BCUT2D eigenvalue weighted by molar-refractivity contribution is -0.384. The van der Waals surface area contributed by atoms with E-state index in [1.807, 2.05) is 0 Å². The summed E-state index contributed by atoms with van der Waals surface area (Å²) in [6.45, 7) is 0. The SMILES string of the molecule is Nc1nc(-c2ccncc2)nn1C(=O)c1ccc([N+](=O)[O-])cc1. The number of rotatable bonds is 3. The number of aromatic nitrogens is 4. The van der Waals surface area contributed by atoms with E-state index in [9.17, 15) is 14.9 Å². The van der Waals surface area contributed by atoms with Gasteiger partial charge in [0.15, 0.2) is 5.82 Å². The molecule has 0 aliphatic rings. The van der Waals surface area contributed by atoms with Gasteiger partial charge in [-0.2, -0.15) is 9.67 Å². The van der Waals surface area contributed by atoms with Crippen molar-refractivity contribution >= 4 is 17.5 Å². The van der Waals surface area contributed by atoms with Gasteiger partial charge in [0.05, 0.1) is 4.92 Å². The van der Waals surface area contributed by atoms with E-state index in [0.29, 0.717) is 11.4 Å². The summed E-state index contributed by atoms with van der Waals surface area (Å²) in [5.41, 5.74) is 6.52. The van der Waals surface area contributed by atoms with Crippen LogP contribution in [0.25, 0.3) is 11.4 Å². The van der Waals surface area contributed by atoms with E-state index >= 15 is 0 Å². The van der Waals surface area contributed by atoms with Crippen LogP contribution >= 0.6 is 0 Å². The fourth-order valence-electron chi connectivity index (χ4n) is 1.94. The van der Waals surface area contributed by atoms with Gasteiger partial charge in [-0.25, -0.2) is 0 Å². The number of nitrogen functional groups attached to an aromatic ring is 1. The van der Waals surface area contributed by atoms with Gasteiger partial charge < -0.3 is 5.73 Å². The number of nitrogens with two attached hydrogens (primary N) is 1. The molecule has 9 nitrogen and oxygen atoms in total. The Labute approximate surface area is 129 Å². The fourth-order valence-corrected chi connectivity index (χ4v) is 1.94. The number of carbonyl (C=O) groups is 1. The summed E-state index contributed by atoms with van der Waals surface area (Å²) in [4.78, 5) is 30.4. The Hall–Kier alpha value is -3.62. The van der Waals surface area contributed by atoms with E-state index in [1.54, 1.807) is 24.5 Å². The van der Waals surface area contributed by atoms with Crippen molar-refractivity contribution < 1.29 is 9.72 Å². The standard InChI is InChI=1S/C14H10N6O3/c15-14-17-12(9-5-7-16-8-6-9)18-19(14)13(21)10-1-3-11(4-2-10)20(22)23/h1-8H,(H2,15,17,18). The smallest absolute Gasteiger partial charge is 0.281 e. The van der Waals surface area contributed by atoms with Crippen LogP contribution in [0.4, 0.5) is 11.6 Å². The maximum Gasteiger partial charge on any atom is 0.281 e. The molecule has 3 rings (SSSR count). The zero-order chi connectivity index (χ0) is 16.4. The Morgan fingerprint density at radius 3 is 2.39 bits per heavy atom. The average Bonchev–Trinajstić information content (AvgIpc) is 2.97. The Morgan fingerprint density at radius 2 is 1.78 bits per heavy atom. The molecule has 0 radical (unpaired) electrons.